The van der Waals surface area contributed by atoms with Crippen molar-refractivity contribution in [1.29, 1.82) is 5.26 Å². The molecule has 0 aromatic carbocycles. The van der Waals surface area contributed by atoms with E-state index in [4.69, 9.17) is 5.26 Å². The minimum absolute atomic E-state index is 0.504. The van der Waals surface area contributed by atoms with Crippen molar-refractivity contribution in [2.45, 2.75) is 45.2 Å². The molecular weight excluding hydrogens is 208 g/mol. The predicted octanol–water partition coefficient (Wildman–Crippen LogP) is 1.95. The first-order chi connectivity index (χ1) is 7.19. The van der Waals surface area contributed by atoms with Gasteiger partial charge < -0.3 is 0 Å². The highest BCUT2D eigenvalue weighted by atomic mass is 32.2. The van der Waals surface area contributed by atoms with Crippen LogP contribution in [-0.4, -0.2) is 28.5 Å². The summed E-state index contributed by atoms with van der Waals surface area (Å²) >= 11 is 1.47. The third-order valence-electron chi connectivity index (χ3n) is 2.76. The Labute approximate surface area is 95.7 Å². The smallest absolute Gasteiger partial charge is 0.208 e. The van der Waals surface area contributed by atoms with Crippen molar-refractivity contribution in [1.82, 2.24) is 10.4 Å². The summed E-state index contributed by atoms with van der Waals surface area (Å²) in [6.45, 7) is 4.40. The van der Waals surface area contributed by atoms with E-state index in [1.54, 1.807) is 0 Å². The monoisotopic (exact) mass is 226 g/mol. The van der Waals surface area contributed by atoms with Gasteiger partial charge in [0.05, 0.1) is 0 Å². The first-order valence-electron chi connectivity index (χ1n) is 5.24. The van der Waals surface area contributed by atoms with Crippen LogP contribution < -0.4 is 5.43 Å². The van der Waals surface area contributed by atoms with Crippen molar-refractivity contribution < 1.29 is 0 Å². The Morgan fingerprint density at radius 2 is 2.07 bits per heavy atom. The molecular formula is C10H18N4S. The molecule has 1 saturated heterocycles. The van der Waals surface area contributed by atoms with E-state index in [9.17, 15) is 0 Å². The van der Waals surface area contributed by atoms with Crippen molar-refractivity contribution in [3.8, 4) is 6.19 Å². The molecule has 1 fully saturated rings. The number of piperidine rings is 1. The average Bonchev–Trinajstić information content (AvgIpc) is 2.22. The molecule has 0 aromatic heterocycles. The zero-order chi connectivity index (χ0) is 11.3. The number of rotatable bonds is 1. The fourth-order valence-corrected chi connectivity index (χ4v) is 2.24. The van der Waals surface area contributed by atoms with Crippen molar-refractivity contribution >= 4 is 16.9 Å². The maximum atomic E-state index is 8.52. The van der Waals surface area contributed by atoms with Crippen LogP contribution in [0.1, 0.15) is 33.1 Å². The van der Waals surface area contributed by atoms with Gasteiger partial charge in [-0.1, -0.05) is 18.2 Å². The number of amidine groups is 1. The number of nitrogens with zero attached hydrogens (tertiary/aromatic N) is 3. The number of hydrazine groups is 1. The highest BCUT2D eigenvalue weighted by Crippen LogP contribution is 2.20. The Hall–Kier alpha value is -0.730. The molecule has 84 valence electrons. The zero-order valence-corrected chi connectivity index (χ0v) is 10.3. The Kier molecular flexibility index (Phi) is 4.92. The maximum absolute atomic E-state index is 8.52. The molecule has 0 bridgehead atoms. The van der Waals surface area contributed by atoms with Crippen LogP contribution in [0.25, 0.3) is 0 Å². The fraction of sp³-hybridized carbons (Fsp3) is 0.800. The molecule has 2 unspecified atom stereocenters. The minimum Gasteiger partial charge on any atom is -0.296 e. The average molecular weight is 226 g/mol. The van der Waals surface area contributed by atoms with Crippen LogP contribution >= 0.6 is 11.8 Å². The van der Waals surface area contributed by atoms with Crippen LogP contribution in [0.15, 0.2) is 4.99 Å². The molecule has 0 saturated carbocycles. The van der Waals surface area contributed by atoms with E-state index >= 15 is 0 Å². The van der Waals surface area contributed by atoms with Gasteiger partial charge in [-0.3, -0.25) is 5.43 Å². The van der Waals surface area contributed by atoms with Crippen LogP contribution in [0.5, 0.6) is 0 Å². The lowest BCUT2D eigenvalue weighted by atomic mass is 10.00. The molecule has 0 aromatic rings. The molecule has 4 nitrogen and oxygen atoms in total. The molecule has 1 heterocycles. The SMILES string of the molecule is CSC(=NC#N)NN1C(C)CCCC1C. The topological polar surface area (TPSA) is 51.4 Å². The highest BCUT2D eigenvalue weighted by molar-refractivity contribution is 8.13. The van der Waals surface area contributed by atoms with E-state index in [0.717, 1.165) is 0 Å². The van der Waals surface area contributed by atoms with Crippen LogP contribution in [0, 0.1) is 11.5 Å². The molecule has 1 rings (SSSR count). The third kappa shape index (κ3) is 3.40. The molecule has 0 aliphatic carbocycles. The Morgan fingerprint density at radius 1 is 1.47 bits per heavy atom. The van der Waals surface area contributed by atoms with Gasteiger partial charge in [-0.15, -0.1) is 4.99 Å². The van der Waals surface area contributed by atoms with Gasteiger partial charge in [-0.05, 0) is 32.9 Å². The van der Waals surface area contributed by atoms with Gasteiger partial charge >= 0.3 is 0 Å². The van der Waals surface area contributed by atoms with Crippen LogP contribution in [0.3, 0.4) is 0 Å². The number of hydrogen-bond acceptors (Lipinski definition) is 4. The van der Waals surface area contributed by atoms with Crippen LogP contribution in [-0.2, 0) is 0 Å². The van der Waals surface area contributed by atoms with Gasteiger partial charge in [0.15, 0.2) is 5.17 Å². The number of aliphatic imine (C=N–C) groups is 1. The summed E-state index contributed by atoms with van der Waals surface area (Å²) in [4.78, 5) is 3.74. The summed E-state index contributed by atoms with van der Waals surface area (Å²) in [5.41, 5.74) is 3.23. The Bertz CT molecular complexity index is 261. The summed E-state index contributed by atoms with van der Waals surface area (Å²) in [5.74, 6) is 0. The van der Waals surface area contributed by atoms with Crippen molar-refractivity contribution in [2.75, 3.05) is 6.26 Å². The molecule has 1 aliphatic heterocycles. The van der Waals surface area contributed by atoms with Crippen LogP contribution in [0.2, 0.25) is 0 Å². The molecule has 2 atom stereocenters. The third-order valence-corrected chi connectivity index (χ3v) is 3.33. The summed E-state index contributed by atoms with van der Waals surface area (Å²) in [7, 11) is 0. The van der Waals surface area contributed by atoms with E-state index in [0.29, 0.717) is 17.3 Å². The second-order valence-electron chi connectivity index (χ2n) is 3.87. The molecule has 15 heavy (non-hydrogen) atoms. The zero-order valence-electron chi connectivity index (χ0n) is 9.53. The lowest BCUT2D eigenvalue weighted by molar-refractivity contribution is 0.0753. The molecule has 0 spiro atoms. The second kappa shape index (κ2) is 5.99. The number of nitrogens with one attached hydrogen (secondary N) is 1. The standard InChI is InChI=1S/C10H18N4S/c1-8-5-4-6-9(2)14(8)13-10(15-3)12-7-11/h8-9H,4-6H2,1-3H3,(H,12,13). The lowest BCUT2D eigenvalue weighted by Crippen LogP contribution is -2.53. The summed E-state index contributed by atoms with van der Waals surface area (Å²) in [6, 6.07) is 1.01. The predicted molar refractivity (Wildman–Crippen MR) is 64.3 cm³/mol. The molecule has 5 heteroatoms. The van der Waals surface area contributed by atoms with Gasteiger partial charge in [0.2, 0.25) is 6.19 Å². The van der Waals surface area contributed by atoms with E-state index < -0.39 is 0 Å². The normalized spacial score (nSPS) is 28.5. The van der Waals surface area contributed by atoms with Crippen molar-refractivity contribution in [2.24, 2.45) is 4.99 Å². The minimum atomic E-state index is 0.504. The van der Waals surface area contributed by atoms with Crippen molar-refractivity contribution in [3.05, 3.63) is 0 Å². The molecule has 1 N–H and O–H groups in total. The highest BCUT2D eigenvalue weighted by Gasteiger charge is 2.25. The Balaban J connectivity index is 2.62. The van der Waals surface area contributed by atoms with E-state index in [2.05, 4.69) is 29.3 Å². The lowest BCUT2D eigenvalue weighted by Gasteiger charge is -2.39. The first-order valence-corrected chi connectivity index (χ1v) is 6.47. The van der Waals surface area contributed by atoms with E-state index in [-0.39, 0.29) is 0 Å². The van der Waals surface area contributed by atoms with Gasteiger partial charge in [0.25, 0.3) is 0 Å². The molecule has 0 radical (unpaired) electrons. The molecule has 1 aliphatic rings. The number of nitriles is 1. The van der Waals surface area contributed by atoms with Gasteiger partial charge in [0.1, 0.15) is 0 Å². The van der Waals surface area contributed by atoms with Gasteiger partial charge in [-0.25, -0.2) is 5.01 Å². The Morgan fingerprint density at radius 3 is 2.53 bits per heavy atom. The summed E-state index contributed by atoms with van der Waals surface area (Å²) in [5, 5.41) is 11.4. The van der Waals surface area contributed by atoms with E-state index in [1.165, 1.54) is 31.0 Å². The summed E-state index contributed by atoms with van der Waals surface area (Å²) in [6.07, 6.45) is 7.42. The maximum Gasteiger partial charge on any atom is 0.208 e. The number of thioether (sulfide) groups is 1. The largest absolute Gasteiger partial charge is 0.296 e. The van der Waals surface area contributed by atoms with Gasteiger partial charge in [-0.2, -0.15) is 5.26 Å². The molecule has 0 amide bonds. The van der Waals surface area contributed by atoms with Gasteiger partial charge in [0, 0.05) is 12.1 Å². The quantitative estimate of drug-likeness (QED) is 0.422. The second-order valence-corrected chi connectivity index (χ2v) is 4.66. The van der Waals surface area contributed by atoms with Crippen LogP contribution in [0.4, 0.5) is 0 Å². The number of hydrogen-bond donors (Lipinski definition) is 1. The van der Waals surface area contributed by atoms with E-state index in [1.807, 2.05) is 12.4 Å². The first kappa shape index (κ1) is 12.3. The summed E-state index contributed by atoms with van der Waals surface area (Å²) < 4.78 is 0. The van der Waals surface area contributed by atoms with Crippen molar-refractivity contribution in [3.63, 3.8) is 0 Å². The fourth-order valence-electron chi connectivity index (χ4n) is 1.91.